The van der Waals surface area contributed by atoms with Crippen molar-refractivity contribution in [1.82, 2.24) is 10.3 Å². The molecule has 8 heteroatoms. The normalized spacial score (nSPS) is 10.0. The van der Waals surface area contributed by atoms with Gasteiger partial charge in [-0.05, 0) is 18.4 Å². The van der Waals surface area contributed by atoms with Gasteiger partial charge in [0.1, 0.15) is 0 Å². The molecule has 0 saturated heterocycles. The smallest absolute Gasteiger partial charge is 0.245 e. The number of rotatable bonds is 8. The van der Waals surface area contributed by atoms with Gasteiger partial charge in [0, 0.05) is 10.9 Å². The van der Waals surface area contributed by atoms with Crippen molar-refractivity contribution in [3.63, 3.8) is 0 Å². The maximum absolute atomic E-state index is 11.7. The quantitative estimate of drug-likeness (QED) is 0.653. The summed E-state index contributed by atoms with van der Waals surface area (Å²) < 4.78 is 0. The minimum Gasteiger partial charge on any atom is -0.346 e. The maximum atomic E-state index is 11.7. The van der Waals surface area contributed by atoms with E-state index in [9.17, 15) is 9.59 Å². The number of nitrogens with zero attached hydrogens (tertiary/aromatic N) is 1. The van der Waals surface area contributed by atoms with Crippen molar-refractivity contribution >= 4 is 40.7 Å². The second kappa shape index (κ2) is 10.8. The van der Waals surface area contributed by atoms with Gasteiger partial charge in [0.05, 0.1) is 18.8 Å². The van der Waals surface area contributed by atoms with Gasteiger partial charge in [-0.1, -0.05) is 37.6 Å². The van der Waals surface area contributed by atoms with Crippen LogP contribution in [0.5, 0.6) is 0 Å². The molecule has 136 valence electrons. The Morgan fingerprint density at radius 2 is 1.92 bits per heavy atom. The highest BCUT2D eigenvalue weighted by molar-refractivity contribution is 7.14. The van der Waals surface area contributed by atoms with Gasteiger partial charge in [0.15, 0.2) is 5.13 Å². The molecule has 0 atom stereocenters. The Kier molecular flexibility index (Phi) is 9.12. The van der Waals surface area contributed by atoms with Crippen LogP contribution in [0.15, 0.2) is 29.6 Å². The molecular weight excluding hydrogens is 360 g/mol. The summed E-state index contributed by atoms with van der Waals surface area (Å²) in [5, 5.41) is 7.48. The van der Waals surface area contributed by atoms with E-state index in [2.05, 4.69) is 34.7 Å². The summed E-state index contributed by atoms with van der Waals surface area (Å²) in [6.07, 6.45) is 3.46. The molecular formula is C17H23ClN4O2S. The third-order valence-electron chi connectivity index (χ3n) is 3.45. The van der Waals surface area contributed by atoms with Crippen LogP contribution in [0, 0.1) is 0 Å². The number of anilines is 1. The lowest BCUT2D eigenvalue weighted by Gasteiger charge is -2.03. The fraction of sp³-hybridized carbons (Fsp3) is 0.353. The van der Waals surface area contributed by atoms with E-state index in [0.717, 1.165) is 17.7 Å². The number of hydrogen-bond acceptors (Lipinski definition) is 5. The molecule has 6 nitrogen and oxygen atoms in total. The number of nitrogens with two attached hydrogens (primary N) is 1. The predicted molar refractivity (Wildman–Crippen MR) is 104 cm³/mol. The van der Waals surface area contributed by atoms with E-state index in [4.69, 9.17) is 5.73 Å². The number of nitrogens with one attached hydrogen (secondary N) is 2. The van der Waals surface area contributed by atoms with E-state index in [1.165, 1.54) is 29.7 Å². The number of aromatic nitrogens is 1. The Labute approximate surface area is 157 Å². The summed E-state index contributed by atoms with van der Waals surface area (Å²) in [5.41, 5.74) is 8.32. The minimum absolute atomic E-state index is 0. The number of halogens is 1. The topological polar surface area (TPSA) is 97.1 Å². The molecule has 1 aromatic carbocycles. The van der Waals surface area contributed by atoms with Crippen LogP contribution in [0.2, 0.25) is 0 Å². The summed E-state index contributed by atoms with van der Waals surface area (Å²) in [7, 11) is 0. The summed E-state index contributed by atoms with van der Waals surface area (Å²) in [6, 6.07) is 8.33. The van der Waals surface area contributed by atoms with Gasteiger partial charge in [-0.15, -0.1) is 23.7 Å². The van der Waals surface area contributed by atoms with Crippen LogP contribution >= 0.6 is 23.7 Å². The molecule has 2 aromatic rings. The number of hydrogen-bond donors (Lipinski definition) is 3. The number of aryl methyl sites for hydroxylation is 1. The monoisotopic (exact) mass is 382 g/mol. The molecule has 25 heavy (non-hydrogen) atoms. The summed E-state index contributed by atoms with van der Waals surface area (Å²) >= 11 is 1.35. The molecule has 4 N–H and O–H groups in total. The first-order chi connectivity index (χ1) is 11.6. The highest BCUT2D eigenvalue weighted by Gasteiger charge is 2.09. The van der Waals surface area contributed by atoms with Gasteiger partial charge in [0.2, 0.25) is 11.8 Å². The van der Waals surface area contributed by atoms with Gasteiger partial charge in [-0.2, -0.15) is 0 Å². The zero-order chi connectivity index (χ0) is 17.4. The highest BCUT2D eigenvalue weighted by Crippen LogP contribution is 2.25. The number of amides is 2. The minimum atomic E-state index is -0.367. The van der Waals surface area contributed by atoms with Crippen molar-refractivity contribution < 1.29 is 9.59 Å². The standard InChI is InChI=1S/C17H22N4O2S.ClH/c1-2-3-4-12-5-7-13(8-6-12)14-11-24-17(20-14)21-16(23)10-19-15(22)9-18;/h5-8,11H,2-4,9-10,18H2,1H3,(H,19,22)(H,20,21,23);1H. The molecule has 0 unspecified atom stereocenters. The fourth-order valence-electron chi connectivity index (χ4n) is 2.10. The van der Waals surface area contributed by atoms with Crippen LogP contribution in [0.1, 0.15) is 25.3 Å². The Hall–Kier alpha value is -1.96. The van der Waals surface area contributed by atoms with Gasteiger partial charge in [0.25, 0.3) is 0 Å². The zero-order valence-corrected chi connectivity index (χ0v) is 15.7. The van der Waals surface area contributed by atoms with Crippen molar-refractivity contribution in [2.24, 2.45) is 5.73 Å². The van der Waals surface area contributed by atoms with E-state index in [-0.39, 0.29) is 37.3 Å². The number of unbranched alkanes of at least 4 members (excludes halogenated alkanes) is 1. The molecule has 2 rings (SSSR count). The van der Waals surface area contributed by atoms with Crippen molar-refractivity contribution in [3.8, 4) is 11.3 Å². The van der Waals surface area contributed by atoms with Crippen molar-refractivity contribution in [2.45, 2.75) is 26.2 Å². The molecule has 0 fully saturated rings. The molecule has 2 amide bonds. The lowest BCUT2D eigenvalue weighted by atomic mass is 10.1. The van der Waals surface area contributed by atoms with Crippen LogP contribution in [0.4, 0.5) is 5.13 Å². The predicted octanol–water partition coefficient (Wildman–Crippen LogP) is 2.59. The van der Waals surface area contributed by atoms with Crippen LogP contribution in [-0.4, -0.2) is 29.9 Å². The molecule has 0 bridgehead atoms. The summed E-state index contributed by atoms with van der Waals surface area (Å²) in [5.74, 6) is -0.694. The number of carbonyl (C=O) groups is 2. The first-order valence-corrected chi connectivity index (χ1v) is 8.81. The third kappa shape index (κ3) is 6.81. The lowest BCUT2D eigenvalue weighted by Crippen LogP contribution is -2.36. The second-order valence-electron chi connectivity index (χ2n) is 5.37. The molecule has 0 aliphatic rings. The zero-order valence-electron chi connectivity index (χ0n) is 14.1. The molecule has 1 aromatic heterocycles. The Morgan fingerprint density at radius 3 is 2.56 bits per heavy atom. The van der Waals surface area contributed by atoms with E-state index < -0.39 is 0 Å². The Morgan fingerprint density at radius 1 is 1.20 bits per heavy atom. The molecule has 0 aliphatic heterocycles. The van der Waals surface area contributed by atoms with Gasteiger partial charge < -0.3 is 16.4 Å². The molecule has 0 saturated carbocycles. The first kappa shape index (κ1) is 21.1. The average molecular weight is 383 g/mol. The number of thiazole rings is 1. The SMILES string of the molecule is CCCCc1ccc(-c2csc(NC(=O)CNC(=O)CN)n2)cc1.Cl. The van der Waals surface area contributed by atoms with Crippen LogP contribution in [0.25, 0.3) is 11.3 Å². The van der Waals surface area contributed by atoms with E-state index in [1.807, 2.05) is 17.5 Å². The van der Waals surface area contributed by atoms with E-state index in [0.29, 0.717) is 5.13 Å². The van der Waals surface area contributed by atoms with Crippen molar-refractivity contribution in [3.05, 3.63) is 35.2 Å². The summed E-state index contributed by atoms with van der Waals surface area (Å²) in [4.78, 5) is 27.2. The second-order valence-corrected chi connectivity index (χ2v) is 6.23. The highest BCUT2D eigenvalue weighted by atomic mass is 35.5. The molecule has 0 aliphatic carbocycles. The molecule has 1 heterocycles. The van der Waals surface area contributed by atoms with E-state index in [1.54, 1.807) is 0 Å². The van der Waals surface area contributed by atoms with Crippen LogP contribution in [-0.2, 0) is 16.0 Å². The Bertz CT molecular complexity index is 688. The van der Waals surface area contributed by atoms with Crippen molar-refractivity contribution in [2.75, 3.05) is 18.4 Å². The first-order valence-electron chi connectivity index (χ1n) is 7.93. The van der Waals surface area contributed by atoms with Crippen LogP contribution in [0.3, 0.4) is 0 Å². The van der Waals surface area contributed by atoms with Gasteiger partial charge >= 0.3 is 0 Å². The molecule has 0 radical (unpaired) electrons. The third-order valence-corrected chi connectivity index (χ3v) is 4.21. The fourth-order valence-corrected chi connectivity index (χ4v) is 2.84. The Balaban J connectivity index is 0.00000312. The summed E-state index contributed by atoms with van der Waals surface area (Å²) in [6.45, 7) is 1.93. The van der Waals surface area contributed by atoms with Crippen molar-refractivity contribution in [1.29, 1.82) is 0 Å². The number of benzene rings is 1. The number of carbonyl (C=O) groups excluding carboxylic acids is 2. The maximum Gasteiger partial charge on any atom is 0.245 e. The van der Waals surface area contributed by atoms with Gasteiger partial charge in [-0.3, -0.25) is 9.59 Å². The van der Waals surface area contributed by atoms with Crippen LogP contribution < -0.4 is 16.4 Å². The molecule has 0 spiro atoms. The van der Waals surface area contributed by atoms with Gasteiger partial charge in [-0.25, -0.2) is 4.98 Å². The lowest BCUT2D eigenvalue weighted by molar-refractivity contribution is -0.123. The average Bonchev–Trinajstić information content (AvgIpc) is 3.06. The van der Waals surface area contributed by atoms with E-state index >= 15 is 0 Å². The largest absolute Gasteiger partial charge is 0.346 e.